The molecule has 1 heterocycles. The zero-order valence-corrected chi connectivity index (χ0v) is 4.89. The van der Waals surface area contributed by atoms with Gasteiger partial charge in [0.05, 0.1) is 0 Å². The standard InChI is InChI=1S/C5H8N2O2/c6-5(9)3-1-2-4(8)7-3/h3H,1-2H2,(H2,6,9)(H,7,8)/t3-/m1/s1. The molecule has 4 nitrogen and oxygen atoms in total. The van der Waals surface area contributed by atoms with Gasteiger partial charge in [-0.1, -0.05) is 0 Å². The van der Waals surface area contributed by atoms with Crippen LogP contribution in [0.2, 0.25) is 0 Å². The Morgan fingerprint density at radius 3 is 2.67 bits per heavy atom. The van der Waals surface area contributed by atoms with Crippen LogP contribution in [0.25, 0.3) is 0 Å². The molecule has 0 radical (unpaired) electrons. The van der Waals surface area contributed by atoms with Crippen molar-refractivity contribution in [2.24, 2.45) is 5.73 Å². The molecule has 0 aromatic rings. The number of amides is 2. The molecule has 0 aliphatic carbocycles. The fourth-order valence-corrected chi connectivity index (χ4v) is 0.827. The average molecular weight is 128 g/mol. The van der Waals surface area contributed by atoms with Gasteiger partial charge >= 0.3 is 0 Å². The Morgan fingerprint density at radius 1 is 1.78 bits per heavy atom. The van der Waals surface area contributed by atoms with Gasteiger partial charge in [-0.2, -0.15) is 0 Å². The van der Waals surface area contributed by atoms with Crippen molar-refractivity contribution in [1.82, 2.24) is 5.32 Å². The Hall–Kier alpha value is -1.06. The summed E-state index contributed by atoms with van der Waals surface area (Å²) in [4.78, 5) is 20.8. The third-order valence-corrected chi connectivity index (χ3v) is 1.34. The summed E-state index contributed by atoms with van der Waals surface area (Å²) in [5.41, 5.74) is 4.91. The van der Waals surface area contributed by atoms with Gasteiger partial charge in [-0.25, -0.2) is 0 Å². The molecule has 1 aliphatic heterocycles. The second-order valence-electron chi connectivity index (χ2n) is 2.06. The van der Waals surface area contributed by atoms with Gasteiger partial charge in [-0.15, -0.1) is 0 Å². The Kier molecular flexibility index (Phi) is 1.38. The van der Waals surface area contributed by atoms with Crippen LogP contribution < -0.4 is 11.1 Å². The van der Waals surface area contributed by atoms with E-state index in [-0.39, 0.29) is 5.91 Å². The van der Waals surface area contributed by atoms with Crippen molar-refractivity contribution >= 4 is 11.8 Å². The number of primary amides is 1. The zero-order chi connectivity index (χ0) is 6.85. The largest absolute Gasteiger partial charge is 0.368 e. The fraction of sp³-hybridized carbons (Fsp3) is 0.600. The number of carbonyl (C=O) groups is 2. The molecule has 1 saturated heterocycles. The molecule has 1 rings (SSSR count). The topological polar surface area (TPSA) is 72.2 Å². The van der Waals surface area contributed by atoms with Crippen LogP contribution in [0, 0.1) is 0 Å². The van der Waals surface area contributed by atoms with E-state index in [1.54, 1.807) is 0 Å². The van der Waals surface area contributed by atoms with Crippen LogP contribution in [-0.4, -0.2) is 17.9 Å². The average Bonchev–Trinajstić information content (AvgIpc) is 2.14. The Morgan fingerprint density at radius 2 is 2.44 bits per heavy atom. The lowest BCUT2D eigenvalue weighted by Crippen LogP contribution is -2.37. The molecule has 0 unspecified atom stereocenters. The molecule has 1 aliphatic rings. The first-order valence-electron chi connectivity index (χ1n) is 2.79. The number of hydrogen-bond donors (Lipinski definition) is 2. The SMILES string of the molecule is NC(=O)[C@H]1CCC(=O)N1. The van der Waals surface area contributed by atoms with Crippen LogP contribution in [0.1, 0.15) is 12.8 Å². The van der Waals surface area contributed by atoms with Crippen molar-refractivity contribution in [3.05, 3.63) is 0 Å². The van der Waals surface area contributed by atoms with E-state index in [1.807, 2.05) is 0 Å². The van der Waals surface area contributed by atoms with Crippen molar-refractivity contribution in [2.75, 3.05) is 0 Å². The molecule has 0 spiro atoms. The Labute approximate surface area is 52.4 Å². The van der Waals surface area contributed by atoms with E-state index in [4.69, 9.17) is 5.73 Å². The van der Waals surface area contributed by atoms with Gasteiger partial charge in [0.25, 0.3) is 0 Å². The lowest BCUT2D eigenvalue weighted by atomic mass is 10.2. The highest BCUT2D eigenvalue weighted by Crippen LogP contribution is 2.04. The first kappa shape index (κ1) is 6.07. The van der Waals surface area contributed by atoms with E-state index in [1.165, 1.54) is 0 Å². The quantitative estimate of drug-likeness (QED) is 0.463. The lowest BCUT2D eigenvalue weighted by molar-refractivity contribution is -0.123. The molecular formula is C5H8N2O2. The molecule has 4 heteroatoms. The van der Waals surface area contributed by atoms with Crippen LogP contribution in [0.4, 0.5) is 0 Å². The van der Waals surface area contributed by atoms with Gasteiger partial charge in [0.1, 0.15) is 6.04 Å². The smallest absolute Gasteiger partial charge is 0.240 e. The van der Waals surface area contributed by atoms with E-state index in [0.29, 0.717) is 12.8 Å². The predicted octanol–water partition coefficient (Wildman–Crippen LogP) is -1.25. The number of nitrogens with two attached hydrogens (primary N) is 1. The summed E-state index contributed by atoms with van der Waals surface area (Å²) >= 11 is 0. The third-order valence-electron chi connectivity index (χ3n) is 1.34. The van der Waals surface area contributed by atoms with Crippen LogP contribution in [0.5, 0.6) is 0 Å². The normalized spacial score (nSPS) is 25.8. The number of carbonyl (C=O) groups excluding carboxylic acids is 2. The summed E-state index contributed by atoms with van der Waals surface area (Å²) in [7, 11) is 0. The molecule has 9 heavy (non-hydrogen) atoms. The van der Waals surface area contributed by atoms with Gasteiger partial charge in [0, 0.05) is 6.42 Å². The molecule has 0 bridgehead atoms. The fourth-order valence-electron chi connectivity index (χ4n) is 0.827. The maximum Gasteiger partial charge on any atom is 0.240 e. The highest BCUT2D eigenvalue weighted by atomic mass is 16.2. The molecule has 1 atom stereocenters. The summed E-state index contributed by atoms with van der Waals surface area (Å²) in [5, 5.41) is 2.44. The monoisotopic (exact) mass is 128 g/mol. The van der Waals surface area contributed by atoms with Crippen molar-refractivity contribution in [1.29, 1.82) is 0 Å². The second-order valence-corrected chi connectivity index (χ2v) is 2.06. The lowest BCUT2D eigenvalue weighted by Gasteiger charge is -2.01. The number of rotatable bonds is 1. The van der Waals surface area contributed by atoms with Crippen molar-refractivity contribution < 1.29 is 9.59 Å². The van der Waals surface area contributed by atoms with E-state index in [2.05, 4.69) is 5.32 Å². The first-order chi connectivity index (χ1) is 4.20. The van der Waals surface area contributed by atoms with Gasteiger partial charge in [-0.3, -0.25) is 9.59 Å². The summed E-state index contributed by atoms with van der Waals surface area (Å²) in [6.07, 6.45) is 0.974. The van der Waals surface area contributed by atoms with Crippen molar-refractivity contribution in [3.63, 3.8) is 0 Å². The Bertz CT molecular complexity index is 155. The first-order valence-corrected chi connectivity index (χ1v) is 2.79. The molecule has 50 valence electrons. The Balaban J connectivity index is 2.48. The highest BCUT2D eigenvalue weighted by Gasteiger charge is 2.24. The van der Waals surface area contributed by atoms with E-state index >= 15 is 0 Å². The summed E-state index contributed by atoms with van der Waals surface area (Å²) in [6, 6.07) is -0.419. The van der Waals surface area contributed by atoms with E-state index in [9.17, 15) is 9.59 Å². The van der Waals surface area contributed by atoms with Gasteiger partial charge in [0.2, 0.25) is 11.8 Å². The molecule has 0 saturated carbocycles. The third kappa shape index (κ3) is 1.19. The molecule has 0 aromatic carbocycles. The van der Waals surface area contributed by atoms with Crippen LogP contribution in [-0.2, 0) is 9.59 Å². The zero-order valence-electron chi connectivity index (χ0n) is 4.89. The number of hydrogen-bond acceptors (Lipinski definition) is 2. The maximum atomic E-state index is 10.4. The van der Waals surface area contributed by atoms with Gasteiger partial charge < -0.3 is 11.1 Å². The molecule has 1 fully saturated rings. The van der Waals surface area contributed by atoms with E-state index in [0.717, 1.165) is 0 Å². The van der Waals surface area contributed by atoms with Crippen molar-refractivity contribution in [3.8, 4) is 0 Å². The summed E-state index contributed by atoms with van der Waals surface area (Å²) < 4.78 is 0. The highest BCUT2D eigenvalue weighted by molar-refractivity contribution is 5.89. The summed E-state index contributed by atoms with van der Waals surface area (Å²) in [5.74, 6) is -0.528. The molecule has 0 aromatic heterocycles. The minimum atomic E-state index is -0.444. The van der Waals surface area contributed by atoms with Crippen LogP contribution in [0.15, 0.2) is 0 Å². The maximum absolute atomic E-state index is 10.4. The van der Waals surface area contributed by atoms with Crippen molar-refractivity contribution in [2.45, 2.75) is 18.9 Å². The van der Waals surface area contributed by atoms with Crippen LogP contribution in [0.3, 0.4) is 0 Å². The van der Waals surface area contributed by atoms with Crippen LogP contribution >= 0.6 is 0 Å². The molecule has 3 N–H and O–H groups in total. The van der Waals surface area contributed by atoms with Gasteiger partial charge in [-0.05, 0) is 6.42 Å². The molecular weight excluding hydrogens is 120 g/mol. The second kappa shape index (κ2) is 2.05. The number of nitrogens with one attached hydrogen (secondary N) is 1. The predicted molar refractivity (Wildman–Crippen MR) is 30.4 cm³/mol. The summed E-state index contributed by atoms with van der Waals surface area (Å²) in [6.45, 7) is 0. The molecule has 2 amide bonds. The van der Waals surface area contributed by atoms with E-state index < -0.39 is 11.9 Å². The minimum Gasteiger partial charge on any atom is -0.368 e. The van der Waals surface area contributed by atoms with Gasteiger partial charge in [0.15, 0.2) is 0 Å². The minimum absolute atomic E-state index is 0.0844.